The number of ether oxygens (including phenoxy) is 1. The second-order valence-electron chi connectivity index (χ2n) is 8.90. The lowest BCUT2D eigenvalue weighted by molar-refractivity contribution is 0.0966. The SMILES string of the molecule is CC(C)c1cc(N2CCCCCC2)cc2sc3cc(=[N+]4CCOCC4)ccc-3nc12. The van der Waals surface area contributed by atoms with Gasteiger partial charge in [0.2, 0.25) is 5.36 Å². The molecule has 0 atom stereocenters. The number of benzene rings is 2. The quantitative estimate of drug-likeness (QED) is 0.442. The number of rotatable bonds is 2. The normalized spacial score (nSPS) is 18.4. The van der Waals surface area contributed by atoms with Crippen LogP contribution in [0.15, 0.2) is 30.3 Å². The fraction of sp³-hybridized carbons (Fsp3) is 0.520. The number of aromatic nitrogens is 1. The molecule has 1 aromatic rings. The zero-order chi connectivity index (χ0) is 20.5. The Labute approximate surface area is 183 Å². The summed E-state index contributed by atoms with van der Waals surface area (Å²) in [6.45, 7) is 10.5. The van der Waals surface area contributed by atoms with Crippen LogP contribution in [0, 0.1) is 0 Å². The second kappa shape index (κ2) is 8.64. The summed E-state index contributed by atoms with van der Waals surface area (Å²) in [7, 11) is 0. The van der Waals surface area contributed by atoms with E-state index in [0.29, 0.717) is 5.92 Å². The molecule has 2 saturated heterocycles. The highest BCUT2D eigenvalue weighted by molar-refractivity contribution is 7.21. The molecular formula is C25H32N3OS+. The van der Waals surface area contributed by atoms with E-state index in [1.165, 1.54) is 70.5 Å². The molecule has 3 aliphatic heterocycles. The predicted octanol–water partition coefficient (Wildman–Crippen LogP) is 4.71. The maximum absolute atomic E-state index is 5.53. The Morgan fingerprint density at radius 2 is 1.77 bits per heavy atom. The van der Waals surface area contributed by atoms with Gasteiger partial charge in [-0.2, -0.15) is 0 Å². The Balaban J connectivity index is 1.66. The topological polar surface area (TPSA) is 28.4 Å². The van der Waals surface area contributed by atoms with Gasteiger partial charge in [0.05, 0.1) is 20.8 Å². The molecule has 30 heavy (non-hydrogen) atoms. The minimum atomic E-state index is 0.462. The minimum Gasteiger partial charge on any atom is -0.371 e. The summed E-state index contributed by atoms with van der Waals surface area (Å²) in [6.07, 6.45) is 5.33. The smallest absolute Gasteiger partial charge is 0.201 e. The summed E-state index contributed by atoms with van der Waals surface area (Å²) in [5.41, 5.74) is 5.05. The summed E-state index contributed by atoms with van der Waals surface area (Å²) in [5.74, 6) is 0.462. The summed E-state index contributed by atoms with van der Waals surface area (Å²) in [4.78, 5) is 9.01. The first-order valence-corrected chi connectivity index (χ1v) is 12.3. The summed E-state index contributed by atoms with van der Waals surface area (Å²) in [6, 6.07) is 11.5. The fourth-order valence-electron chi connectivity index (χ4n) is 4.70. The predicted molar refractivity (Wildman–Crippen MR) is 127 cm³/mol. The molecule has 1 aromatic carbocycles. The molecule has 0 saturated carbocycles. The Morgan fingerprint density at radius 1 is 1.00 bits per heavy atom. The van der Waals surface area contributed by atoms with Crippen molar-refractivity contribution in [3.05, 3.63) is 41.3 Å². The van der Waals surface area contributed by atoms with Crippen LogP contribution in [0.4, 0.5) is 5.69 Å². The van der Waals surface area contributed by atoms with Crippen molar-refractivity contribution in [1.29, 1.82) is 0 Å². The van der Waals surface area contributed by atoms with E-state index in [4.69, 9.17) is 9.72 Å². The molecule has 2 fully saturated rings. The largest absolute Gasteiger partial charge is 0.371 e. The molecule has 5 rings (SSSR count). The summed E-state index contributed by atoms with van der Waals surface area (Å²) >= 11 is 1.90. The van der Waals surface area contributed by atoms with Gasteiger partial charge in [-0.1, -0.05) is 26.7 Å². The van der Waals surface area contributed by atoms with E-state index >= 15 is 0 Å². The Bertz CT molecular complexity index is 1070. The van der Waals surface area contributed by atoms with Crippen LogP contribution in [-0.2, 0) is 4.74 Å². The van der Waals surface area contributed by atoms with Gasteiger partial charge in [0, 0.05) is 30.9 Å². The molecule has 4 nitrogen and oxygen atoms in total. The van der Waals surface area contributed by atoms with Gasteiger partial charge >= 0.3 is 0 Å². The van der Waals surface area contributed by atoms with Crippen molar-refractivity contribution >= 4 is 27.2 Å². The van der Waals surface area contributed by atoms with Crippen LogP contribution in [0.3, 0.4) is 0 Å². The number of fused-ring (bicyclic) bond motifs is 2. The average molecular weight is 423 g/mol. The van der Waals surface area contributed by atoms with E-state index in [1.54, 1.807) is 0 Å². The molecule has 0 unspecified atom stereocenters. The second-order valence-corrected chi connectivity index (χ2v) is 9.99. The third-order valence-corrected chi connectivity index (χ3v) is 7.53. The lowest BCUT2D eigenvalue weighted by Crippen LogP contribution is -2.39. The van der Waals surface area contributed by atoms with E-state index in [1.807, 2.05) is 11.3 Å². The monoisotopic (exact) mass is 422 g/mol. The van der Waals surface area contributed by atoms with Crippen molar-refractivity contribution in [2.75, 3.05) is 44.3 Å². The van der Waals surface area contributed by atoms with Crippen LogP contribution in [-0.4, -0.2) is 44.4 Å². The number of hydrogen-bond donors (Lipinski definition) is 0. The molecule has 0 bridgehead atoms. The molecular weight excluding hydrogens is 390 g/mol. The van der Waals surface area contributed by atoms with Crippen LogP contribution in [0.25, 0.3) is 20.8 Å². The van der Waals surface area contributed by atoms with Crippen LogP contribution < -0.4 is 14.8 Å². The fourth-order valence-corrected chi connectivity index (χ4v) is 5.77. The third kappa shape index (κ3) is 3.97. The van der Waals surface area contributed by atoms with Crippen molar-refractivity contribution in [1.82, 2.24) is 9.56 Å². The highest BCUT2D eigenvalue weighted by Crippen LogP contribution is 2.37. The highest BCUT2D eigenvalue weighted by atomic mass is 32.1. The Kier molecular flexibility index (Phi) is 5.74. The lowest BCUT2D eigenvalue weighted by atomic mass is 10.0. The molecule has 4 aliphatic rings. The molecule has 5 heteroatoms. The number of morpholine rings is 1. The van der Waals surface area contributed by atoms with Gasteiger partial charge < -0.3 is 9.64 Å². The summed E-state index contributed by atoms with van der Waals surface area (Å²) in [5, 5.41) is 1.29. The Morgan fingerprint density at radius 3 is 2.50 bits per heavy atom. The third-order valence-electron chi connectivity index (χ3n) is 6.45. The van der Waals surface area contributed by atoms with Crippen molar-refractivity contribution in [2.45, 2.75) is 45.4 Å². The van der Waals surface area contributed by atoms with E-state index in [2.05, 4.69) is 53.7 Å². The number of hydrogen-bond acceptors (Lipinski definition) is 4. The lowest BCUT2D eigenvalue weighted by Gasteiger charge is -2.25. The van der Waals surface area contributed by atoms with Gasteiger partial charge in [-0.15, -0.1) is 11.3 Å². The maximum atomic E-state index is 5.53. The zero-order valence-corrected chi connectivity index (χ0v) is 19.0. The van der Waals surface area contributed by atoms with Crippen molar-refractivity contribution in [2.24, 2.45) is 0 Å². The van der Waals surface area contributed by atoms with Gasteiger partial charge in [0.15, 0.2) is 13.1 Å². The molecule has 0 amide bonds. The van der Waals surface area contributed by atoms with E-state index in [-0.39, 0.29) is 0 Å². The van der Waals surface area contributed by atoms with E-state index in [9.17, 15) is 0 Å². The van der Waals surface area contributed by atoms with Gasteiger partial charge in [-0.3, -0.25) is 0 Å². The molecule has 1 aliphatic carbocycles. The van der Waals surface area contributed by atoms with Gasteiger partial charge in [-0.25, -0.2) is 9.56 Å². The number of anilines is 1. The van der Waals surface area contributed by atoms with Crippen molar-refractivity contribution in [3.8, 4) is 10.6 Å². The van der Waals surface area contributed by atoms with Crippen LogP contribution in [0.1, 0.15) is 51.0 Å². The first-order chi connectivity index (χ1) is 14.7. The van der Waals surface area contributed by atoms with Crippen molar-refractivity contribution in [3.63, 3.8) is 0 Å². The first kappa shape index (κ1) is 20.0. The van der Waals surface area contributed by atoms with Crippen molar-refractivity contribution < 1.29 is 4.74 Å². The van der Waals surface area contributed by atoms with Crippen LogP contribution in [0.2, 0.25) is 0 Å². The zero-order valence-electron chi connectivity index (χ0n) is 18.2. The molecule has 0 spiro atoms. The molecule has 0 radical (unpaired) electrons. The molecule has 158 valence electrons. The van der Waals surface area contributed by atoms with Crippen LogP contribution in [0.5, 0.6) is 0 Å². The highest BCUT2D eigenvalue weighted by Gasteiger charge is 2.19. The summed E-state index contributed by atoms with van der Waals surface area (Å²) < 4.78 is 9.26. The minimum absolute atomic E-state index is 0.462. The molecule has 0 aromatic heterocycles. The van der Waals surface area contributed by atoms with Gasteiger partial charge in [-0.05, 0) is 42.5 Å². The van der Waals surface area contributed by atoms with Gasteiger partial charge in [0.1, 0.15) is 13.2 Å². The Hall–Kier alpha value is -1.98. The number of nitrogens with zero attached hydrogens (tertiary/aromatic N) is 3. The molecule has 3 heterocycles. The van der Waals surface area contributed by atoms with Crippen LogP contribution >= 0.6 is 11.3 Å². The first-order valence-electron chi connectivity index (χ1n) is 11.5. The van der Waals surface area contributed by atoms with Gasteiger partial charge in [0.25, 0.3) is 0 Å². The standard InChI is InChI=1S/C25H32N3OS/c1-18(2)21-15-20(27-9-5-3-4-6-10-27)17-24-25(21)26-22-8-7-19(16-23(22)30-24)28-11-13-29-14-12-28/h7-8,15-18H,3-6,9-14H2,1-2H3/q+1. The maximum Gasteiger partial charge on any atom is 0.201 e. The van der Waals surface area contributed by atoms with E-state index < -0.39 is 0 Å². The average Bonchev–Trinajstić information content (AvgIpc) is 3.07. The molecule has 0 N–H and O–H groups in total. The van der Waals surface area contributed by atoms with E-state index in [0.717, 1.165) is 32.0 Å².